The molecule has 0 bridgehead atoms. The number of benzene rings is 2. The molecule has 2 aliphatic rings. The highest BCUT2D eigenvalue weighted by atomic mass is 32.2. The van der Waals surface area contributed by atoms with Crippen LogP contribution in [0.2, 0.25) is 0 Å². The van der Waals surface area contributed by atoms with Gasteiger partial charge < -0.3 is 5.32 Å². The summed E-state index contributed by atoms with van der Waals surface area (Å²) in [5.41, 5.74) is 1.33. The number of carbonyl (C=O) groups excluding carboxylic acids is 5. The lowest BCUT2D eigenvalue weighted by molar-refractivity contribution is -0.384. The van der Waals surface area contributed by atoms with Gasteiger partial charge in [-0.3, -0.25) is 43.9 Å². The summed E-state index contributed by atoms with van der Waals surface area (Å²) in [4.78, 5) is 74.3. The third-order valence-electron chi connectivity index (χ3n) is 5.37. The first kappa shape index (κ1) is 23.8. The fraction of sp³-hybridized carbons (Fsp3) is 0.174. The molecule has 5 amide bonds. The summed E-state index contributed by atoms with van der Waals surface area (Å²) in [6.45, 7) is 1.17. The molecule has 2 aromatic rings. The number of carbonyl (C=O) groups is 5. The molecule has 0 spiro atoms. The number of thioether (sulfide) groups is 1. The first-order chi connectivity index (χ1) is 16.7. The SMILES string of the molecule is Cc1ccc(C=C2SC(=O)N(CCNC(=O)CN3C(=O)c4ccc([N+](=O)[O-])cc4C3=O)C2=O)cc1. The van der Waals surface area contributed by atoms with Crippen LogP contribution in [-0.2, 0) is 9.59 Å². The second-order valence-corrected chi connectivity index (χ2v) is 8.77. The van der Waals surface area contributed by atoms with Crippen molar-refractivity contribution in [1.29, 1.82) is 0 Å². The lowest BCUT2D eigenvalue weighted by atomic mass is 10.1. The van der Waals surface area contributed by atoms with E-state index in [9.17, 15) is 34.1 Å². The molecule has 0 radical (unpaired) electrons. The van der Waals surface area contributed by atoms with Crippen LogP contribution in [-0.4, -0.2) is 63.2 Å². The lowest BCUT2D eigenvalue weighted by Gasteiger charge is -2.15. The number of aryl methyl sites for hydroxylation is 1. The standard InChI is InChI=1S/C23H18N4O7S/c1-13-2-4-14(5-3-13)10-18-22(31)25(23(32)35-18)9-8-24-19(28)12-26-20(29)16-7-6-15(27(33)34)11-17(16)21(26)30/h2-7,10-11H,8-9,12H2,1H3,(H,24,28). The monoisotopic (exact) mass is 494 g/mol. The van der Waals surface area contributed by atoms with E-state index in [1.807, 2.05) is 31.2 Å². The highest BCUT2D eigenvalue weighted by Crippen LogP contribution is 2.32. The number of nitrogens with zero attached hydrogens (tertiary/aromatic N) is 3. The van der Waals surface area contributed by atoms with Crippen molar-refractivity contribution in [2.24, 2.45) is 0 Å². The Morgan fingerprint density at radius 2 is 1.69 bits per heavy atom. The molecule has 1 saturated heterocycles. The Labute approximate surface area is 202 Å². The van der Waals surface area contributed by atoms with Gasteiger partial charge in [-0.25, -0.2) is 0 Å². The molecule has 4 rings (SSSR count). The average Bonchev–Trinajstić information content (AvgIpc) is 3.22. The molecule has 12 heteroatoms. The molecular weight excluding hydrogens is 476 g/mol. The molecule has 0 atom stereocenters. The molecule has 35 heavy (non-hydrogen) atoms. The zero-order valence-corrected chi connectivity index (χ0v) is 19.2. The predicted octanol–water partition coefficient (Wildman–Crippen LogP) is 2.35. The Morgan fingerprint density at radius 3 is 2.37 bits per heavy atom. The van der Waals surface area contributed by atoms with E-state index in [-0.39, 0.29) is 34.8 Å². The Balaban J connectivity index is 1.32. The molecule has 0 unspecified atom stereocenters. The normalized spacial score (nSPS) is 16.3. The highest BCUT2D eigenvalue weighted by Gasteiger charge is 2.38. The van der Waals surface area contributed by atoms with Gasteiger partial charge in [0.1, 0.15) is 6.54 Å². The average molecular weight is 494 g/mol. The van der Waals surface area contributed by atoms with Gasteiger partial charge in [-0.2, -0.15) is 0 Å². The van der Waals surface area contributed by atoms with Gasteiger partial charge >= 0.3 is 0 Å². The molecular formula is C23H18N4O7S. The van der Waals surface area contributed by atoms with E-state index in [0.717, 1.165) is 39.9 Å². The zero-order valence-electron chi connectivity index (χ0n) is 18.3. The number of fused-ring (bicyclic) bond motifs is 1. The first-order valence-corrected chi connectivity index (χ1v) is 11.2. The number of hydrogen-bond acceptors (Lipinski definition) is 8. The van der Waals surface area contributed by atoms with Crippen LogP contribution in [0, 0.1) is 17.0 Å². The second-order valence-electron chi connectivity index (χ2n) is 7.78. The lowest BCUT2D eigenvalue weighted by Crippen LogP contribution is -2.43. The number of rotatable bonds is 7. The van der Waals surface area contributed by atoms with Crippen LogP contribution in [0.3, 0.4) is 0 Å². The van der Waals surface area contributed by atoms with E-state index in [0.29, 0.717) is 4.90 Å². The zero-order chi connectivity index (χ0) is 25.3. The fourth-order valence-electron chi connectivity index (χ4n) is 3.55. The number of imide groups is 2. The molecule has 1 N–H and O–H groups in total. The number of amides is 5. The Morgan fingerprint density at radius 1 is 1.00 bits per heavy atom. The minimum absolute atomic E-state index is 0.0217. The topological polar surface area (TPSA) is 147 Å². The Hall–Kier alpha value is -4.32. The van der Waals surface area contributed by atoms with E-state index in [1.54, 1.807) is 6.08 Å². The minimum Gasteiger partial charge on any atom is -0.353 e. The number of nitro groups is 1. The number of non-ortho nitro benzene ring substituents is 1. The molecule has 2 heterocycles. The van der Waals surface area contributed by atoms with Gasteiger partial charge in [-0.05, 0) is 36.4 Å². The van der Waals surface area contributed by atoms with E-state index in [1.165, 1.54) is 6.07 Å². The van der Waals surface area contributed by atoms with Gasteiger partial charge in [0.25, 0.3) is 28.6 Å². The Bertz CT molecular complexity index is 1320. The van der Waals surface area contributed by atoms with Crippen molar-refractivity contribution in [1.82, 2.24) is 15.1 Å². The molecule has 1 fully saturated rings. The van der Waals surface area contributed by atoms with Crippen LogP contribution in [0.15, 0.2) is 47.4 Å². The van der Waals surface area contributed by atoms with Crippen LogP contribution in [0.4, 0.5) is 10.5 Å². The predicted molar refractivity (Wildman–Crippen MR) is 125 cm³/mol. The summed E-state index contributed by atoms with van der Waals surface area (Å²) in [5.74, 6) is -2.70. The van der Waals surface area contributed by atoms with Crippen molar-refractivity contribution in [3.05, 3.63) is 79.7 Å². The molecule has 2 aromatic carbocycles. The fourth-order valence-corrected chi connectivity index (χ4v) is 4.41. The second kappa shape index (κ2) is 9.50. The molecule has 0 aliphatic carbocycles. The van der Waals surface area contributed by atoms with Gasteiger partial charge in [-0.1, -0.05) is 29.8 Å². The van der Waals surface area contributed by atoms with Crippen molar-refractivity contribution in [2.75, 3.05) is 19.6 Å². The van der Waals surface area contributed by atoms with Crippen LogP contribution < -0.4 is 5.32 Å². The van der Waals surface area contributed by atoms with Crippen molar-refractivity contribution >= 4 is 52.4 Å². The van der Waals surface area contributed by atoms with Crippen LogP contribution in [0.25, 0.3) is 6.08 Å². The maximum Gasteiger partial charge on any atom is 0.293 e. The van der Waals surface area contributed by atoms with Crippen LogP contribution in [0.1, 0.15) is 31.8 Å². The third-order valence-corrected chi connectivity index (χ3v) is 6.28. The maximum absolute atomic E-state index is 12.6. The van der Waals surface area contributed by atoms with Crippen molar-refractivity contribution in [3.8, 4) is 0 Å². The quantitative estimate of drug-likeness (QED) is 0.267. The number of hydrogen-bond donors (Lipinski definition) is 1. The summed E-state index contributed by atoms with van der Waals surface area (Å²) in [6.07, 6.45) is 1.62. The number of nitrogens with one attached hydrogen (secondary N) is 1. The minimum atomic E-state index is -0.809. The molecule has 0 saturated carbocycles. The maximum atomic E-state index is 12.6. The molecule has 0 aromatic heterocycles. The van der Waals surface area contributed by atoms with Crippen molar-refractivity contribution in [3.63, 3.8) is 0 Å². The number of nitro benzene ring substituents is 1. The summed E-state index contributed by atoms with van der Waals surface area (Å²) >= 11 is 0.803. The van der Waals surface area contributed by atoms with Crippen LogP contribution >= 0.6 is 11.8 Å². The third kappa shape index (κ3) is 4.82. The van der Waals surface area contributed by atoms with Crippen molar-refractivity contribution < 1.29 is 28.9 Å². The smallest absolute Gasteiger partial charge is 0.293 e. The van der Waals surface area contributed by atoms with Gasteiger partial charge in [0.05, 0.1) is 21.0 Å². The van der Waals surface area contributed by atoms with Crippen LogP contribution in [0.5, 0.6) is 0 Å². The summed E-state index contributed by atoms with van der Waals surface area (Å²) in [5, 5.41) is 12.9. The van der Waals surface area contributed by atoms with Gasteiger partial charge in [-0.15, -0.1) is 0 Å². The van der Waals surface area contributed by atoms with E-state index in [2.05, 4.69) is 5.32 Å². The summed E-state index contributed by atoms with van der Waals surface area (Å²) in [7, 11) is 0. The first-order valence-electron chi connectivity index (χ1n) is 10.4. The van der Waals surface area contributed by atoms with E-state index >= 15 is 0 Å². The van der Waals surface area contributed by atoms with E-state index < -0.39 is 40.3 Å². The van der Waals surface area contributed by atoms with Crippen molar-refractivity contribution in [2.45, 2.75) is 6.92 Å². The summed E-state index contributed by atoms with van der Waals surface area (Å²) in [6, 6.07) is 10.7. The highest BCUT2D eigenvalue weighted by molar-refractivity contribution is 8.18. The Kier molecular flexibility index (Phi) is 6.47. The van der Waals surface area contributed by atoms with Gasteiger partial charge in [0.15, 0.2) is 0 Å². The van der Waals surface area contributed by atoms with Gasteiger partial charge in [0.2, 0.25) is 5.91 Å². The molecule has 178 valence electrons. The molecule has 2 aliphatic heterocycles. The molecule has 11 nitrogen and oxygen atoms in total. The van der Waals surface area contributed by atoms with Gasteiger partial charge in [0, 0.05) is 25.2 Å². The van der Waals surface area contributed by atoms with E-state index in [4.69, 9.17) is 0 Å². The summed E-state index contributed by atoms with van der Waals surface area (Å²) < 4.78 is 0. The largest absolute Gasteiger partial charge is 0.353 e.